The van der Waals surface area contributed by atoms with E-state index in [1.807, 2.05) is 0 Å². The fourth-order valence-electron chi connectivity index (χ4n) is 2.44. The van der Waals surface area contributed by atoms with Crippen LogP contribution in [0.15, 0.2) is 23.8 Å². The topological polar surface area (TPSA) is 46.5 Å². The van der Waals surface area contributed by atoms with Gasteiger partial charge in [-0.05, 0) is 18.3 Å². The molecule has 1 fully saturated rings. The summed E-state index contributed by atoms with van der Waals surface area (Å²) in [7, 11) is 1.37. The number of carbonyl (C=O) groups excluding carboxylic acids is 1. The average molecular weight is 194 g/mol. The first-order valence-corrected chi connectivity index (χ1v) is 4.85. The van der Waals surface area contributed by atoms with Crippen LogP contribution in [0, 0.1) is 17.8 Å². The number of methoxy groups -OCH3 is 1. The van der Waals surface area contributed by atoms with Crippen LogP contribution in [0.3, 0.4) is 0 Å². The molecule has 0 aliphatic heterocycles. The van der Waals surface area contributed by atoms with E-state index < -0.39 is 0 Å². The van der Waals surface area contributed by atoms with E-state index in [1.165, 1.54) is 13.2 Å². The molecule has 0 amide bonds. The summed E-state index contributed by atoms with van der Waals surface area (Å²) in [5.74, 6) is 0.570. The first-order valence-electron chi connectivity index (χ1n) is 4.85. The Morgan fingerprint density at radius 3 is 3.14 bits per heavy atom. The van der Waals surface area contributed by atoms with Gasteiger partial charge in [0.2, 0.25) is 0 Å². The second kappa shape index (κ2) is 3.58. The molecule has 14 heavy (non-hydrogen) atoms. The predicted octanol–water partition coefficient (Wildman–Crippen LogP) is 0.900. The number of hydrogen-bond donors (Lipinski definition) is 1. The summed E-state index contributed by atoms with van der Waals surface area (Å²) in [6.07, 6.45) is 6.83. The first kappa shape index (κ1) is 9.46. The van der Waals surface area contributed by atoms with Crippen LogP contribution in [0.5, 0.6) is 0 Å². The van der Waals surface area contributed by atoms with Gasteiger partial charge in [-0.15, -0.1) is 0 Å². The molecule has 0 saturated heterocycles. The number of fused-ring (bicyclic) bond motifs is 2. The Labute approximate surface area is 83.1 Å². The minimum atomic E-state index is -0.320. The molecule has 0 aromatic rings. The van der Waals surface area contributed by atoms with Gasteiger partial charge in [0, 0.05) is 12.0 Å². The largest absolute Gasteiger partial charge is 0.466 e. The van der Waals surface area contributed by atoms with E-state index in [9.17, 15) is 9.90 Å². The van der Waals surface area contributed by atoms with E-state index in [0.717, 1.165) is 12.0 Å². The fraction of sp³-hybridized carbons (Fsp3) is 0.545. The lowest BCUT2D eigenvalue weighted by molar-refractivity contribution is -0.134. The number of carbonyl (C=O) groups is 1. The molecule has 0 radical (unpaired) electrons. The average Bonchev–Trinajstić information content (AvgIpc) is 2.77. The van der Waals surface area contributed by atoms with Crippen molar-refractivity contribution in [3.63, 3.8) is 0 Å². The van der Waals surface area contributed by atoms with Gasteiger partial charge < -0.3 is 9.84 Å². The summed E-state index contributed by atoms with van der Waals surface area (Å²) in [4.78, 5) is 11.1. The first-order chi connectivity index (χ1) is 6.76. The molecule has 0 heterocycles. The zero-order valence-electron chi connectivity index (χ0n) is 8.14. The van der Waals surface area contributed by atoms with Gasteiger partial charge >= 0.3 is 5.97 Å². The second-order valence-corrected chi connectivity index (χ2v) is 3.85. The predicted molar refractivity (Wildman–Crippen MR) is 51.4 cm³/mol. The molecule has 76 valence electrons. The maximum atomic E-state index is 11.1. The highest BCUT2D eigenvalue weighted by Crippen LogP contribution is 2.47. The quantitative estimate of drug-likeness (QED) is 0.403. The van der Waals surface area contributed by atoms with E-state index in [4.69, 9.17) is 0 Å². The van der Waals surface area contributed by atoms with E-state index in [1.54, 1.807) is 0 Å². The molecule has 0 spiro atoms. The van der Waals surface area contributed by atoms with Crippen molar-refractivity contribution in [2.24, 2.45) is 17.8 Å². The number of ether oxygens (including phenoxy) is 1. The number of hydrogen-bond acceptors (Lipinski definition) is 3. The lowest BCUT2D eigenvalue weighted by Gasteiger charge is -2.18. The van der Waals surface area contributed by atoms with Crippen molar-refractivity contribution in [1.29, 1.82) is 0 Å². The van der Waals surface area contributed by atoms with Crippen molar-refractivity contribution in [3.05, 3.63) is 23.8 Å². The van der Waals surface area contributed by atoms with Crippen LogP contribution < -0.4 is 0 Å². The summed E-state index contributed by atoms with van der Waals surface area (Å²) in [6.45, 7) is 0.119. The molecule has 2 aliphatic carbocycles. The molecule has 1 N–H and O–H groups in total. The third-order valence-electron chi connectivity index (χ3n) is 3.17. The van der Waals surface area contributed by atoms with Gasteiger partial charge in [0.25, 0.3) is 0 Å². The van der Waals surface area contributed by atoms with E-state index in [2.05, 4.69) is 16.9 Å². The molecule has 0 aromatic heterocycles. The third kappa shape index (κ3) is 1.38. The van der Waals surface area contributed by atoms with Gasteiger partial charge in [-0.1, -0.05) is 17.7 Å². The van der Waals surface area contributed by atoms with Crippen LogP contribution >= 0.6 is 0 Å². The van der Waals surface area contributed by atoms with Gasteiger partial charge in [0.05, 0.1) is 13.7 Å². The molecule has 2 rings (SSSR count). The zero-order chi connectivity index (χ0) is 10.1. The number of allylic oxidation sites excluding steroid dienone is 2. The summed E-state index contributed by atoms with van der Waals surface area (Å²) in [5.41, 5.74) is 1.03. The highest BCUT2D eigenvalue weighted by Gasteiger charge is 2.39. The zero-order valence-corrected chi connectivity index (χ0v) is 8.14. The maximum absolute atomic E-state index is 11.1. The summed E-state index contributed by atoms with van der Waals surface area (Å²) in [5, 5.41) is 9.22. The van der Waals surface area contributed by atoms with Crippen LogP contribution in [0.4, 0.5) is 0 Å². The lowest BCUT2D eigenvalue weighted by atomic mass is 9.89. The van der Waals surface area contributed by atoms with Crippen LogP contribution in [-0.2, 0) is 9.53 Å². The Hall–Kier alpha value is -1.09. The SMILES string of the molecule is COC(=O)/C=C1/[C@@H]2C=C[C@@H](C2)[C@@H]1CO. The summed E-state index contributed by atoms with van der Waals surface area (Å²) >= 11 is 0. The Morgan fingerprint density at radius 1 is 1.71 bits per heavy atom. The van der Waals surface area contributed by atoms with Crippen molar-refractivity contribution in [3.8, 4) is 0 Å². The Balaban J connectivity index is 2.22. The monoisotopic (exact) mass is 194 g/mol. The van der Waals surface area contributed by atoms with E-state index >= 15 is 0 Å². The Bertz CT molecular complexity index is 304. The van der Waals surface area contributed by atoms with Crippen LogP contribution in [-0.4, -0.2) is 24.8 Å². The highest BCUT2D eigenvalue weighted by molar-refractivity contribution is 5.83. The van der Waals surface area contributed by atoms with Crippen molar-refractivity contribution in [1.82, 2.24) is 0 Å². The fourth-order valence-corrected chi connectivity index (χ4v) is 2.44. The molecule has 2 aliphatic rings. The molecule has 0 unspecified atom stereocenters. The Morgan fingerprint density at radius 2 is 2.50 bits per heavy atom. The molecular formula is C11H14O3. The second-order valence-electron chi connectivity index (χ2n) is 3.85. The van der Waals surface area contributed by atoms with Gasteiger partial charge in [-0.2, -0.15) is 0 Å². The molecular weight excluding hydrogens is 180 g/mol. The number of aliphatic hydroxyl groups is 1. The molecule has 3 atom stereocenters. The standard InChI is InChI=1S/C11H14O3/c1-14-11(13)5-9-7-2-3-8(4-7)10(9)6-12/h2-3,5,7-8,10,12H,4,6H2,1H3/b9-5-/t7-,8+,10+/m1/s1. The normalized spacial score (nSPS) is 36.7. The number of esters is 1. The minimum Gasteiger partial charge on any atom is -0.466 e. The molecule has 3 heteroatoms. The van der Waals surface area contributed by atoms with Crippen molar-refractivity contribution in [2.45, 2.75) is 6.42 Å². The van der Waals surface area contributed by atoms with Crippen LogP contribution in [0.1, 0.15) is 6.42 Å². The maximum Gasteiger partial charge on any atom is 0.330 e. The van der Waals surface area contributed by atoms with Crippen molar-refractivity contribution in [2.75, 3.05) is 13.7 Å². The Kier molecular flexibility index (Phi) is 2.42. The lowest BCUT2D eigenvalue weighted by Crippen LogP contribution is -2.15. The molecule has 3 nitrogen and oxygen atoms in total. The molecule has 2 bridgehead atoms. The van der Waals surface area contributed by atoms with E-state index in [0.29, 0.717) is 11.8 Å². The van der Waals surface area contributed by atoms with Gasteiger partial charge in [-0.25, -0.2) is 4.79 Å². The third-order valence-corrected chi connectivity index (χ3v) is 3.17. The van der Waals surface area contributed by atoms with E-state index in [-0.39, 0.29) is 18.5 Å². The molecule has 0 aromatic carbocycles. The summed E-state index contributed by atoms with van der Waals surface area (Å²) in [6, 6.07) is 0. The smallest absolute Gasteiger partial charge is 0.330 e. The highest BCUT2D eigenvalue weighted by atomic mass is 16.5. The summed E-state index contributed by atoms with van der Waals surface area (Å²) < 4.78 is 4.59. The number of rotatable bonds is 2. The minimum absolute atomic E-state index is 0.119. The van der Waals surface area contributed by atoms with Crippen LogP contribution in [0.25, 0.3) is 0 Å². The van der Waals surface area contributed by atoms with Gasteiger partial charge in [0.15, 0.2) is 0 Å². The van der Waals surface area contributed by atoms with Gasteiger partial charge in [-0.3, -0.25) is 0 Å². The molecule has 1 saturated carbocycles. The van der Waals surface area contributed by atoms with Crippen molar-refractivity contribution < 1.29 is 14.6 Å². The van der Waals surface area contributed by atoms with Crippen molar-refractivity contribution >= 4 is 5.97 Å². The van der Waals surface area contributed by atoms with Crippen LogP contribution in [0.2, 0.25) is 0 Å². The van der Waals surface area contributed by atoms with Gasteiger partial charge in [0.1, 0.15) is 0 Å². The number of aliphatic hydroxyl groups excluding tert-OH is 1.